The Morgan fingerprint density at radius 1 is 0.289 bits per heavy atom. The van der Waals surface area contributed by atoms with Gasteiger partial charge < -0.3 is 0 Å². The highest BCUT2D eigenvalue weighted by Gasteiger charge is 2.13. The summed E-state index contributed by atoms with van der Waals surface area (Å²) in [5.41, 5.74) is 7.54. The van der Waals surface area contributed by atoms with Crippen LogP contribution in [0.2, 0.25) is 0 Å². The van der Waals surface area contributed by atoms with Gasteiger partial charge in [0.2, 0.25) is 0 Å². The van der Waals surface area contributed by atoms with Gasteiger partial charge in [-0.25, -0.2) is 0 Å². The lowest BCUT2D eigenvalue weighted by Gasteiger charge is -2.14. The highest BCUT2D eigenvalue weighted by Crippen LogP contribution is 2.41. The molecule has 1 heterocycles. The second kappa shape index (κ2) is 9.50. The standard InChI is InChI=1S/C44H26S/c1-2-5-33-24-34(15-10-27(33)4-1)36-19-23-42-40(26-36)39-25-35(18-22-41(39)45-42)28-8-11-29(12-9-28)37-20-16-32-14-13-30-6-3-7-31-17-21-38(37)44(32)43(30)31/h1-26H. The van der Waals surface area contributed by atoms with Gasteiger partial charge in [0.15, 0.2) is 0 Å². The van der Waals surface area contributed by atoms with Crippen molar-refractivity contribution in [2.45, 2.75) is 0 Å². The first-order valence-electron chi connectivity index (χ1n) is 15.5. The first-order chi connectivity index (χ1) is 22.3. The summed E-state index contributed by atoms with van der Waals surface area (Å²) in [7, 11) is 0. The van der Waals surface area contributed by atoms with Gasteiger partial charge in [0.25, 0.3) is 0 Å². The molecule has 0 atom stereocenters. The van der Waals surface area contributed by atoms with Crippen LogP contribution in [0.3, 0.4) is 0 Å². The van der Waals surface area contributed by atoms with Crippen LogP contribution in [0.15, 0.2) is 158 Å². The average Bonchev–Trinajstić information content (AvgIpc) is 3.48. The van der Waals surface area contributed by atoms with E-state index in [1.165, 1.54) is 96.6 Å². The SMILES string of the molecule is c1ccc2cc(-c3ccc4sc5ccc(-c6ccc(-c7ccc8ccc9cccc%10ccc7c8c9%10)cc6)cc5c4c3)ccc2c1. The van der Waals surface area contributed by atoms with Crippen molar-refractivity contribution < 1.29 is 0 Å². The Labute approximate surface area is 264 Å². The Balaban J connectivity index is 1.05. The molecule has 0 aliphatic carbocycles. The molecule has 0 saturated carbocycles. The molecule has 208 valence electrons. The minimum atomic E-state index is 1.24. The van der Waals surface area contributed by atoms with Crippen molar-refractivity contribution in [3.8, 4) is 33.4 Å². The van der Waals surface area contributed by atoms with E-state index in [4.69, 9.17) is 0 Å². The summed E-state index contributed by atoms with van der Waals surface area (Å²) in [6.45, 7) is 0. The quantitative estimate of drug-likeness (QED) is 0.181. The third-order valence-electron chi connectivity index (χ3n) is 9.61. The fourth-order valence-electron chi connectivity index (χ4n) is 7.33. The maximum atomic E-state index is 2.38. The summed E-state index contributed by atoms with van der Waals surface area (Å²) in [6, 6.07) is 58.6. The molecule has 0 nitrogen and oxygen atoms in total. The van der Waals surface area contributed by atoms with E-state index < -0.39 is 0 Å². The fraction of sp³-hybridized carbons (Fsp3) is 0. The van der Waals surface area contributed by atoms with E-state index in [0.717, 1.165) is 0 Å². The van der Waals surface area contributed by atoms with E-state index in [-0.39, 0.29) is 0 Å². The van der Waals surface area contributed by atoms with Crippen LogP contribution in [0, 0.1) is 0 Å². The Kier molecular flexibility index (Phi) is 5.25. The summed E-state index contributed by atoms with van der Waals surface area (Å²) in [4.78, 5) is 0. The Hall–Kier alpha value is -5.50. The van der Waals surface area contributed by atoms with Crippen molar-refractivity contribution in [3.05, 3.63) is 158 Å². The average molecular weight is 587 g/mol. The number of thiophene rings is 1. The van der Waals surface area contributed by atoms with Gasteiger partial charge in [-0.1, -0.05) is 127 Å². The van der Waals surface area contributed by atoms with Crippen LogP contribution in [0.25, 0.3) is 96.6 Å². The van der Waals surface area contributed by atoms with E-state index in [2.05, 4.69) is 158 Å². The van der Waals surface area contributed by atoms with Crippen LogP contribution in [-0.2, 0) is 0 Å². The van der Waals surface area contributed by atoms with Crippen molar-refractivity contribution in [1.82, 2.24) is 0 Å². The molecule has 45 heavy (non-hydrogen) atoms. The van der Waals surface area contributed by atoms with Crippen molar-refractivity contribution in [2.75, 3.05) is 0 Å². The summed E-state index contributed by atoms with van der Waals surface area (Å²) in [5.74, 6) is 0. The monoisotopic (exact) mass is 586 g/mol. The predicted molar refractivity (Wildman–Crippen MR) is 197 cm³/mol. The summed E-state index contributed by atoms with van der Waals surface area (Å²) >= 11 is 1.88. The molecule has 9 aromatic carbocycles. The van der Waals surface area contributed by atoms with Gasteiger partial charge in [-0.3, -0.25) is 0 Å². The van der Waals surface area contributed by atoms with Crippen molar-refractivity contribution in [1.29, 1.82) is 0 Å². The predicted octanol–water partition coefficient (Wildman–Crippen LogP) is 13.1. The molecule has 0 aliphatic rings. The molecule has 0 amide bonds. The summed E-state index contributed by atoms with van der Waals surface area (Å²) in [6.07, 6.45) is 0. The van der Waals surface area contributed by atoms with E-state index in [1.54, 1.807) is 0 Å². The largest absolute Gasteiger partial charge is 0.135 e. The molecule has 1 aromatic heterocycles. The fourth-order valence-corrected chi connectivity index (χ4v) is 8.40. The van der Waals surface area contributed by atoms with Crippen LogP contribution < -0.4 is 0 Å². The van der Waals surface area contributed by atoms with Crippen LogP contribution in [0.5, 0.6) is 0 Å². The van der Waals surface area contributed by atoms with E-state index in [0.29, 0.717) is 0 Å². The van der Waals surface area contributed by atoms with Gasteiger partial charge in [0.05, 0.1) is 0 Å². The highest BCUT2D eigenvalue weighted by molar-refractivity contribution is 7.25. The van der Waals surface area contributed by atoms with Gasteiger partial charge in [0, 0.05) is 20.2 Å². The molecule has 10 rings (SSSR count). The molecule has 10 aromatic rings. The molecule has 0 N–H and O–H groups in total. The molecule has 0 fully saturated rings. The van der Waals surface area contributed by atoms with E-state index >= 15 is 0 Å². The van der Waals surface area contributed by atoms with Gasteiger partial charge in [-0.2, -0.15) is 0 Å². The smallest absolute Gasteiger partial charge is 0.0355 e. The van der Waals surface area contributed by atoms with Gasteiger partial charge in [-0.15, -0.1) is 11.3 Å². The van der Waals surface area contributed by atoms with Gasteiger partial charge in [0.1, 0.15) is 0 Å². The second-order valence-corrected chi connectivity index (χ2v) is 13.2. The first kappa shape index (κ1) is 24.9. The molecule has 0 saturated heterocycles. The van der Waals surface area contributed by atoms with Crippen molar-refractivity contribution in [3.63, 3.8) is 0 Å². The van der Waals surface area contributed by atoms with Gasteiger partial charge >= 0.3 is 0 Å². The Bertz CT molecular complexity index is 2730. The lowest BCUT2D eigenvalue weighted by molar-refractivity contribution is 1.63. The minimum Gasteiger partial charge on any atom is -0.135 e. The number of hydrogen-bond acceptors (Lipinski definition) is 1. The Morgan fingerprint density at radius 2 is 0.800 bits per heavy atom. The van der Waals surface area contributed by atoms with Crippen molar-refractivity contribution in [2.24, 2.45) is 0 Å². The van der Waals surface area contributed by atoms with Crippen LogP contribution in [0.1, 0.15) is 0 Å². The molecular formula is C44H26S. The second-order valence-electron chi connectivity index (χ2n) is 12.1. The zero-order valence-electron chi connectivity index (χ0n) is 24.4. The van der Waals surface area contributed by atoms with Crippen molar-refractivity contribution >= 4 is 74.6 Å². The van der Waals surface area contributed by atoms with Gasteiger partial charge in [-0.05, 0) is 107 Å². The first-order valence-corrected chi connectivity index (χ1v) is 16.3. The normalized spacial score (nSPS) is 12.0. The summed E-state index contributed by atoms with van der Waals surface area (Å²) < 4.78 is 2.66. The van der Waals surface area contributed by atoms with E-state index in [9.17, 15) is 0 Å². The lowest BCUT2D eigenvalue weighted by atomic mass is 9.89. The molecular weight excluding hydrogens is 561 g/mol. The molecule has 0 bridgehead atoms. The van der Waals surface area contributed by atoms with Crippen LogP contribution in [0.4, 0.5) is 0 Å². The number of hydrogen-bond donors (Lipinski definition) is 0. The molecule has 1 heteroatoms. The molecule has 0 aliphatic heterocycles. The molecule has 0 unspecified atom stereocenters. The van der Waals surface area contributed by atoms with Crippen LogP contribution in [-0.4, -0.2) is 0 Å². The van der Waals surface area contributed by atoms with E-state index in [1.807, 2.05) is 11.3 Å². The minimum absolute atomic E-state index is 1.24. The molecule has 0 radical (unpaired) electrons. The Morgan fingerprint density at radius 3 is 1.56 bits per heavy atom. The zero-order valence-corrected chi connectivity index (χ0v) is 25.2. The van der Waals surface area contributed by atoms with Crippen LogP contribution >= 0.6 is 11.3 Å². The maximum Gasteiger partial charge on any atom is 0.0355 e. The zero-order chi connectivity index (χ0) is 29.5. The number of fused-ring (bicyclic) bond motifs is 4. The number of rotatable bonds is 3. The highest BCUT2D eigenvalue weighted by atomic mass is 32.1. The summed E-state index contributed by atoms with van der Waals surface area (Å²) in [5, 5.41) is 13.2. The third-order valence-corrected chi connectivity index (χ3v) is 10.8. The lowest BCUT2D eigenvalue weighted by Crippen LogP contribution is -1.87. The number of benzene rings is 9. The molecule has 0 spiro atoms. The maximum absolute atomic E-state index is 2.38. The third kappa shape index (κ3) is 3.84. The topological polar surface area (TPSA) is 0 Å².